The minimum atomic E-state index is -1.04. The number of hydrogen-bond acceptors (Lipinski definition) is 7. The van der Waals surface area contributed by atoms with Crippen molar-refractivity contribution in [3.05, 3.63) is 69.3 Å². The van der Waals surface area contributed by atoms with Crippen molar-refractivity contribution in [3.8, 4) is 0 Å². The average molecular weight is 647 g/mol. The minimum absolute atomic E-state index is 0.122. The van der Waals surface area contributed by atoms with Crippen molar-refractivity contribution in [2.45, 2.75) is 69.5 Å². The van der Waals surface area contributed by atoms with Crippen molar-refractivity contribution in [2.24, 2.45) is 10.7 Å². The van der Waals surface area contributed by atoms with Crippen LogP contribution in [0.1, 0.15) is 37.8 Å². The summed E-state index contributed by atoms with van der Waals surface area (Å²) in [5.41, 5.74) is 6.71. The molecular formula is C29H35IN4O5. The predicted octanol–water partition coefficient (Wildman–Crippen LogP) is 2.63. The van der Waals surface area contributed by atoms with E-state index < -0.39 is 35.7 Å². The highest BCUT2D eigenvalue weighted by Gasteiger charge is 2.45. The zero-order chi connectivity index (χ0) is 28.0. The molecule has 9 nitrogen and oxygen atoms in total. The SMILES string of the molecule is CC(N)C(=O)NC(C(=O)N1CCCC1C1=N[C@](C=O)(Cc2cccc(I)c2)CO1)C(C)OCc1ccccc1. The molecule has 2 heterocycles. The first-order chi connectivity index (χ1) is 18.7. The Bertz CT molecular complexity index is 1210. The quantitative estimate of drug-likeness (QED) is 0.286. The lowest BCUT2D eigenvalue weighted by Crippen LogP contribution is -2.58. The molecule has 2 aromatic carbocycles. The molecule has 0 aliphatic carbocycles. The van der Waals surface area contributed by atoms with Gasteiger partial charge in [0.1, 0.15) is 18.7 Å². The fourth-order valence-electron chi connectivity index (χ4n) is 4.88. The van der Waals surface area contributed by atoms with Gasteiger partial charge in [-0.15, -0.1) is 0 Å². The van der Waals surface area contributed by atoms with Crippen LogP contribution in [0.25, 0.3) is 0 Å². The molecule has 1 fully saturated rings. The Labute approximate surface area is 242 Å². The van der Waals surface area contributed by atoms with Gasteiger partial charge in [-0.2, -0.15) is 0 Å². The Morgan fingerprint density at radius 2 is 1.97 bits per heavy atom. The molecule has 2 aliphatic heterocycles. The highest BCUT2D eigenvalue weighted by Crippen LogP contribution is 2.29. The number of nitrogens with zero attached hydrogens (tertiary/aromatic N) is 2. The van der Waals surface area contributed by atoms with E-state index in [1.54, 1.807) is 18.7 Å². The molecule has 1 saturated heterocycles. The average Bonchev–Trinajstić information content (AvgIpc) is 3.58. The van der Waals surface area contributed by atoms with Crippen molar-refractivity contribution in [1.82, 2.24) is 10.2 Å². The van der Waals surface area contributed by atoms with Gasteiger partial charge in [-0.25, -0.2) is 4.99 Å². The number of carbonyl (C=O) groups excluding carboxylic acids is 3. The van der Waals surface area contributed by atoms with Crippen LogP contribution in [0.2, 0.25) is 0 Å². The van der Waals surface area contributed by atoms with Crippen molar-refractivity contribution in [3.63, 3.8) is 0 Å². The predicted molar refractivity (Wildman–Crippen MR) is 156 cm³/mol. The summed E-state index contributed by atoms with van der Waals surface area (Å²) in [5, 5.41) is 2.79. The lowest BCUT2D eigenvalue weighted by Gasteiger charge is -2.32. The molecule has 4 unspecified atom stereocenters. The lowest BCUT2D eigenvalue weighted by molar-refractivity contribution is -0.141. The van der Waals surface area contributed by atoms with E-state index in [0.29, 0.717) is 31.9 Å². The van der Waals surface area contributed by atoms with Crippen molar-refractivity contribution >= 4 is 46.6 Å². The molecule has 0 aromatic heterocycles. The van der Waals surface area contributed by atoms with Crippen LogP contribution in [0.5, 0.6) is 0 Å². The molecule has 4 rings (SSSR count). The Morgan fingerprint density at radius 1 is 1.23 bits per heavy atom. The molecular weight excluding hydrogens is 611 g/mol. The summed E-state index contributed by atoms with van der Waals surface area (Å²) in [7, 11) is 0. The van der Waals surface area contributed by atoms with Crippen LogP contribution < -0.4 is 11.1 Å². The van der Waals surface area contributed by atoms with Crippen LogP contribution in [0.3, 0.4) is 0 Å². The fraction of sp³-hybridized carbons (Fsp3) is 0.448. The number of ether oxygens (including phenoxy) is 2. The standard InChI is InChI=1S/C29H35IN4O5/c1-19(31)26(36)32-25(20(2)38-16-21-8-4-3-5-9-21)28(37)34-13-7-12-24(34)27-33-29(17-35,18-39-27)15-22-10-6-11-23(30)14-22/h3-6,8-11,14,17,19-20,24-25H,7,12-13,15-16,18,31H2,1-2H3,(H,32,36)/t19?,20?,24?,25?,29-/m0/s1. The van der Waals surface area contributed by atoms with Gasteiger partial charge in [0, 0.05) is 16.5 Å². The first-order valence-electron chi connectivity index (χ1n) is 13.2. The summed E-state index contributed by atoms with van der Waals surface area (Å²) in [6.45, 7) is 4.22. The van der Waals surface area contributed by atoms with Gasteiger partial charge in [-0.05, 0) is 72.5 Å². The van der Waals surface area contributed by atoms with Crippen LogP contribution in [0, 0.1) is 3.57 Å². The van der Waals surface area contributed by atoms with Gasteiger partial charge in [0.05, 0.1) is 18.8 Å². The second kappa shape index (κ2) is 13.0. The number of hydrogen-bond donors (Lipinski definition) is 2. The topological polar surface area (TPSA) is 123 Å². The summed E-state index contributed by atoms with van der Waals surface area (Å²) in [6.07, 6.45) is 2.02. The van der Waals surface area contributed by atoms with E-state index in [4.69, 9.17) is 20.2 Å². The van der Waals surface area contributed by atoms with E-state index in [9.17, 15) is 14.4 Å². The number of rotatable bonds is 11. The van der Waals surface area contributed by atoms with E-state index in [1.807, 2.05) is 54.6 Å². The van der Waals surface area contributed by atoms with E-state index in [2.05, 4.69) is 27.9 Å². The zero-order valence-electron chi connectivity index (χ0n) is 22.2. The summed E-state index contributed by atoms with van der Waals surface area (Å²) in [6, 6.07) is 15.4. The third-order valence-electron chi connectivity index (χ3n) is 7.04. The summed E-state index contributed by atoms with van der Waals surface area (Å²) in [4.78, 5) is 45.1. The third-order valence-corrected chi connectivity index (χ3v) is 7.72. The first-order valence-corrected chi connectivity index (χ1v) is 14.2. The first kappa shape index (κ1) is 29.2. The number of nitrogens with one attached hydrogen (secondary N) is 1. The molecule has 0 saturated carbocycles. The molecule has 0 radical (unpaired) electrons. The highest BCUT2D eigenvalue weighted by molar-refractivity contribution is 14.1. The molecule has 0 spiro atoms. The number of aliphatic imine (C=N–C) groups is 1. The molecule has 10 heteroatoms. The van der Waals surface area contributed by atoms with Gasteiger partial charge in [0.2, 0.25) is 17.7 Å². The van der Waals surface area contributed by atoms with Gasteiger partial charge < -0.3 is 30.2 Å². The van der Waals surface area contributed by atoms with Gasteiger partial charge in [-0.1, -0.05) is 42.5 Å². The number of aldehydes is 1. The summed E-state index contributed by atoms with van der Waals surface area (Å²) < 4.78 is 13.1. The number of halogens is 1. The van der Waals surface area contributed by atoms with Crippen LogP contribution in [0.15, 0.2) is 59.6 Å². The van der Waals surface area contributed by atoms with Crippen LogP contribution >= 0.6 is 22.6 Å². The second-order valence-electron chi connectivity index (χ2n) is 10.2. The maximum atomic E-state index is 13.9. The van der Waals surface area contributed by atoms with Crippen molar-refractivity contribution in [1.29, 1.82) is 0 Å². The molecule has 208 valence electrons. The van der Waals surface area contributed by atoms with E-state index in [-0.39, 0.29) is 12.5 Å². The minimum Gasteiger partial charge on any atom is -0.476 e. The Kier molecular flexibility index (Phi) is 9.73. The van der Waals surface area contributed by atoms with E-state index in [0.717, 1.165) is 27.4 Å². The molecule has 5 atom stereocenters. The molecule has 3 N–H and O–H groups in total. The van der Waals surface area contributed by atoms with Gasteiger partial charge >= 0.3 is 0 Å². The van der Waals surface area contributed by atoms with Gasteiger partial charge in [0.15, 0.2) is 11.8 Å². The third kappa shape index (κ3) is 7.23. The summed E-state index contributed by atoms with van der Waals surface area (Å²) in [5.74, 6) is -0.348. The molecule has 2 aliphatic rings. The highest BCUT2D eigenvalue weighted by atomic mass is 127. The van der Waals surface area contributed by atoms with Crippen LogP contribution in [-0.2, 0) is 36.9 Å². The van der Waals surface area contributed by atoms with E-state index in [1.165, 1.54) is 0 Å². The fourth-order valence-corrected chi connectivity index (χ4v) is 5.48. The van der Waals surface area contributed by atoms with Crippen LogP contribution in [-0.4, -0.2) is 71.8 Å². The number of carbonyl (C=O) groups is 3. The van der Waals surface area contributed by atoms with Gasteiger partial charge in [-0.3, -0.25) is 9.59 Å². The smallest absolute Gasteiger partial charge is 0.248 e. The number of likely N-dealkylation sites (tertiary alicyclic amines) is 1. The van der Waals surface area contributed by atoms with Crippen molar-refractivity contribution in [2.75, 3.05) is 13.2 Å². The maximum absolute atomic E-state index is 13.9. The Morgan fingerprint density at radius 3 is 2.67 bits per heavy atom. The molecule has 39 heavy (non-hydrogen) atoms. The molecule has 2 aromatic rings. The number of nitrogens with two attached hydrogens (primary N) is 1. The summed E-state index contributed by atoms with van der Waals surface area (Å²) >= 11 is 2.24. The largest absolute Gasteiger partial charge is 0.476 e. The molecule has 0 bridgehead atoms. The van der Waals surface area contributed by atoms with Gasteiger partial charge in [0.25, 0.3) is 0 Å². The Balaban J connectivity index is 1.52. The van der Waals surface area contributed by atoms with E-state index >= 15 is 0 Å². The number of amides is 2. The number of benzene rings is 2. The molecule has 2 amide bonds. The zero-order valence-corrected chi connectivity index (χ0v) is 24.4. The maximum Gasteiger partial charge on any atom is 0.248 e. The Hall–Kier alpha value is -2.83. The lowest BCUT2D eigenvalue weighted by atomic mass is 9.94. The monoisotopic (exact) mass is 646 g/mol. The van der Waals surface area contributed by atoms with Crippen molar-refractivity contribution < 1.29 is 23.9 Å². The second-order valence-corrected chi connectivity index (χ2v) is 11.5. The normalized spacial score (nSPS) is 22.9. The van der Waals surface area contributed by atoms with Crippen LogP contribution in [0.4, 0.5) is 0 Å².